The highest BCUT2D eigenvalue weighted by Crippen LogP contribution is 2.27. The molecule has 6 heteroatoms. The predicted octanol–water partition coefficient (Wildman–Crippen LogP) is 2.35. The molecule has 0 bridgehead atoms. The number of carbonyl (C=O) groups is 1. The van der Waals surface area contributed by atoms with Crippen molar-refractivity contribution in [1.82, 2.24) is 4.98 Å². The van der Waals surface area contributed by atoms with E-state index in [4.69, 9.17) is 11.6 Å². The van der Waals surface area contributed by atoms with Gasteiger partial charge in [0.25, 0.3) is 5.91 Å². The third-order valence-electron chi connectivity index (χ3n) is 2.72. The summed E-state index contributed by atoms with van der Waals surface area (Å²) in [6.07, 6.45) is 1.43. The van der Waals surface area contributed by atoms with Crippen molar-refractivity contribution in [2.75, 3.05) is 24.3 Å². The van der Waals surface area contributed by atoms with E-state index in [1.54, 1.807) is 12.1 Å². The Morgan fingerprint density at radius 2 is 2.00 bits per heavy atom. The molecule has 0 spiro atoms. The van der Waals surface area contributed by atoms with Crippen LogP contribution >= 0.6 is 11.6 Å². The lowest BCUT2D eigenvalue weighted by Crippen LogP contribution is -2.16. The predicted molar refractivity (Wildman–Crippen MR) is 80.8 cm³/mol. The molecular formula is C14H14ClN3O2. The number of aromatic nitrogens is 1. The lowest BCUT2D eigenvalue weighted by atomic mass is 10.2. The first kappa shape index (κ1) is 14.1. The fraction of sp³-hybridized carbons (Fsp3) is 0.143. The Morgan fingerprint density at radius 3 is 2.60 bits per heavy atom. The van der Waals surface area contributed by atoms with Gasteiger partial charge in [0.2, 0.25) is 5.56 Å². The second-order valence-electron chi connectivity index (χ2n) is 4.46. The van der Waals surface area contributed by atoms with Crippen molar-refractivity contribution in [3.05, 3.63) is 57.5 Å². The summed E-state index contributed by atoms with van der Waals surface area (Å²) in [5.41, 5.74) is 1.41. The number of amides is 1. The zero-order valence-corrected chi connectivity index (χ0v) is 11.9. The SMILES string of the molecule is CN(C)c1ccc(NC(=O)c2cc[nH]c(=O)c2)cc1Cl. The normalized spacial score (nSPS) is 10.2. The maximum Gasteiger partial charge on any atom is 0.255 e. The van der Waals surface area contributed by atoms with E-state index in [-0.39, 0.29) is 11.5 Å². The molecule has 0 fully saturated rings. The van der Waals surface area contributed by atoms with E-state index in [1.807, 2.05) is 25.1 Å². The third kappa shape index (κ3) is 3.19. The lowest BCUT2D eigenvalue weighted by molar-refractivity contribution is 0.102. The number of pyridine rings is 1. The fourth-order valence-electron chi connectivity index (χ4n) is 1.74. The van der Waals surface area contributed by atoms with Crippen LogP contribution in [0.4, 0.5) is 11.4 Å². The molecule has 104 valence electrons. The van der Waals surface area contributed by atoms with Crippen LogP contribution in [0.25, 0.3) is 0 Å². The van der Waals surface area contributed by atoms with Crippen LogP contribution in [-0.4, -0.2) is 25.0 Å². The fourth-order valence-corrected chi connectivity index (χ4v) is 2.09. The van der Waals surface area contributed by atoms with Crippen LogP contribution in [-0.2, 0) is 0 Å². The van der Waals surface area contributed by atoms with Gasteiger partial charge in [-0.05, 0) is 24.3 Å². The molecule has 0 unspecified atom stereocenters. The molecule has 0 saturated carbocycles. The summed E-state index contributed by atoms with van der Waals surface area (Å²) in [7, 11) is 3.77. The second-order valence-corrected chi connectivity index (χ2v) is 4.86. The average Bonchev–Trinajstić information content (AvgIpc) is 2.38. The van der Waals surface area contributed by atoms with Crippen molar-refractivity contribution >= 4 is 28.9 Å². The highest BCUT2D eigenvalue weighted by Gasteiger charge is 2.08. The van der Waals surface area contributed by atoms with Crippen molar-refractivity contribution in [2.24, 2.45) is 0 Å². The molecule has 0 aliphatic rings. The van der Waals surface area contributed by atoms with E-state index in [0.29, 0.717) is 16.3 Å². The lowest BCUT2D eigenvalue weighted by Gasteiger charge is -2.15. The van der Waals surface area contributed by atoms with Gasteiger partial charge in [0.05, 0.1) is 10.7 Å². The standard InChI is InChI=1S/C14H14ClN3O2/c1-18(2)12-4-3-10(8-11(12)15)17-14(20)9-5-6-16-13(19)7-9/h3-8H,1-2H3,(H,16,19)(H,17,20). The quantitative estimate of drug-likeness (QED) is 0.912. The Balaban J connectivity index is 2.20. The Labute approximate surface area is 121 Å². The number of nitrogens with one attached hydrogen (secondary N) is 2. The van der Waals surface area contributed by atoms with Crippen LogP contribution in [0.1, 0.15) is 10.4 Å². The van der Waals surface area contributed by atoms with Crippen molar-refractivity contribution < 1.29 is 4.79 Å². The van der Waals surface area contributed by atoms with E-state index in [9.17, 15) is 9.59 Å². The van der Waals surface area contributed by atoms with Gasteiger partial charge >= 0.3 is 0 Å². The van der Waals surface area contributed by atoms with Gasteiger partial charge in [-0.15, -0.1) is 0 Å². The summed E-state index contributed by atoms with van der Waals surface area (Å²) in [5.74, 6) is -0.357. The Morgan fingerprint density at radius 1 is 1.25 bits per heavy atom. The molecule has 2 aromatic rings. The van der Waals surface area contributed by atoms with Crippen LogP contribution in [0.5, 0.6) is 0 Å². The molecule has 1 heterocycles. The molecule has 0 aliphatic heterocycles. The number of anilines is 2. The van der Waals surface area contributed by atoms with E-state index in [2.05, 4.69) is 10.3 Å². The monoisotopic (exact) mass is 291 g/mol. The molecule has 0 saturated heterocycles. The zero-order valence-electron chi connectivity index (χ0n) is 11.1. The van der Waals surface area contributed by atoms with Gasteiger partial charge in [0, 0.05) is 37.6 Å². The highest BCUT2D eigenvalue weighted by atomic mass is 35.5. The van der Waals surface area contributed by atoms with Gasteiger partial charge in [-0.2, -0.15) is 0 Å². The van der Waals surface area contributed by atoms with Crippen LogP contribution in [0.3, 0.4) is 0 Å². The Hall–Kier alpha value is -2.27. The molecule has 0 radical (unpaired) electrons. The largest absolute Gasteiger partial charge is 0.376 e. The van der Waals surface area contributed by atoms with E-state index in [1.165, 1.54) is 18.3 Å². The molecular weight excluding hydrogens is 278 g/mol. The molecule has 1 amide bonds. The number of benzene rings is 1. The van der Waals surface area contributed by atoms with Crippen molar-refractivity contribution in [1.29, 1.82) is 0 Å². The summed E-state index contributed by atoms with van der Waals surface area (Å²) < 4.78 is 0. The maximum atomic E-state index is 12.0. The minimum absolute atomic E-state index is 0.293. The number of rotatable bonds is 3. The minimum Gasteiger partial charge on any atom is -0.376 e. The summed E-state index contributed by atoms with van der Waals surface area (Å²) in [5, 5.41) is 3.24. The van der Waals surface area contributed by atoms with Gasteiger partial charge in [-0.1, -0.05) is 11.6 Å². The molecule has 2 N–H and O–H groups in total. The first-order valence-corrected chi connectivity index (χ1v) is 6.32. The molecule has 2 rings (SSSR count). The van der Waals surface area contributed by atoms with Crippen LogP contribution < -0.4 is 15.8 Å². The second kappa shape index (κ2) is 5.79. The Bertz CT molecular complexity index is 695. The van der Waals surface area contributed by atoms with Gasteiger partial charge in [0.1, 0.15) is 0 Å². The summed E-state index contributed by atoms with van der Waals surface area (Å²) >= 11 is 6.13. The van der Waals surface area contributed by atoms with Crippen LogP contribution in [0.15, 0.2) is 41.3 Å². The summed E-state index contributed by atoms with van der Waals surface area (Å²) in [6.45, 7) is 0. The number of carbonyl (C=O) groups excluding carboxylic acids is 1. The van der Waals surface area contributed by atoms with E-state index >= 15 is 0 Å². The first-order valence-electron chi connectivity index (χ1n) is 5.94. The smallest absolute Gasteiger partial charge is 0.255 e. The number of nitrogens with zero attached hydrogens (tertiary/aromatic N) is 1. The number of H-pyrrole nitrogens is 1. The Kier molecular flexibility index (Phi) is 4.10. The van der Waals surface area contributed by atoms with Gasteiger partial charge in [-0.3, -0.25) is 9.59 Å². The van der Waals surface area contributed by atoms with Crippen molar-refractivity contribution in [3.8, 4) is 0 Å². The van der Waals surface area contributed by atoms with Gasteiger partial charge in [0.15, 0.2) is 0 Å². The molecule has 0 aliphatic carbocycles. The summed E-state index contributed by atoms with van der Waals surface area (Å²) in [4.78, 5) is 27.5. The number of halogens is 1. The van der Waals surface area contributed by atoms with Crippen LogP contribution in [0, 0.1) is 0 Å². The van der Waals surface area contributed by atoms with E-state index in [0.717, 1.165) is 5.69 Å². The van der Waals surface area contributed by atoms with Crippen LogP contribution in [0.2, 0.25) is 5.02 Å². The zero-order chi connectivity index (χ0) is 14.7. The van der Waals surface area contributed by atoms with Gasteiger partial charge < -0.3 is 15.2 Å². The van der Waals surface area contributed by atoms with E-state index < -0.39 is 0 Å². The number of aromatic amines is 1. The average molecular weight is 292 g/mol. The molecule has 1 aromatic heterocycles. The molecule has 1 aromatic carbocycles. The van der Waals surface area contributed by atoms with Gasteiger partial charge in [-0.25, -0.2) is 0 Å². The molecule has 0 atom stereocenters. The number of hydrogen-bond donors (Lipinski definition) is 2. The maximum absolute atomic E-state index is 12.0. The third-order valence-corrected chi connectivity index (χ3v) is 3.03. The summed E-state index contributed by atoms with van der Waals surface area (Å²) in [6, 6.07) is 8.02. The molecule has 5 nitrogen and oxygen atoms in total. The number of hydrogen-bond acceptors (Lipinski definition) is 3. The topological polar surface area (TPSA) is 65.2 Å². The highest BCUT2D eigenvalue weighted by molar-refractivity contribution is 6.33. The van der Waals surface area contributed by atoms with Crippen molar-refractivity contribution in [2.45, 2.75) is 0 Å². The minimum atomic E-state index is -0.357. The first-order chi connectivity index (χ1) is 9.47. The van der Waals surface area contributed by atoms with Crippen molar-refractivity contribution in [3.63, 3.8) is 0 Å². The molecule has 20 heavy (non-hydrogen) atoms.